The van der Waals surface area contributed by atoms with Gasteiger partial charge in [0.15, 0.2) is 69.0 Å². The number of phenols is 12. The average Bonchev–Trinajstić information content (AvgIpc) is 3.36. The Balaban J connectivity index is 1.36. The fourth-order valence-electron chi connectivity index (χ4n) is 8.50. The van der Waals surface area contributed by atoms with Gasteiger partial charge in [0, 0.05) is 0 Å². The molecule has 0 aliphatic carbocycles. The van der Waals surface area contributed by atoms with Gasteiger partial charge in [-0.1, -0.05) is 164 Å². The minimum atomic E-state index is -1.33. The van der Waals surface area contributed by atoms with Gasteiger partial charge >= 0.3 is 0 Å². The normalized spacial score (nSPS) is 11.1. The molecule has 13 nitrogen and oxygen atoms in total. The largest absolute Gasteiger partial charge is 0.504 e. The van der Waals surface area contributed by atoms with Gasteiger partial charge in [0.05, 0.1) is 16.7 Å². The van der Waals surface area contributed by atoms with Gasteiger partial charge in [0.1, 0.15) is 17.1 Å². The molecule has 13 heteroatoms. The number of nitrogens with zero attached hydrogens (tertiary/aromatic N) is 1. The topological polar surface area (TPSA) is 246 Å². The number of hydrogen-bond acceptors (Lipinski definition) is 13. The van der Waals surface area contributed by atoms with Crippen LogP contribution >= 0.6 is 0 Å². The Kier molecular flexibility index (Phi) is 10.7. The van der Waals surface area contributed by atoms with E-state index >= 15 is 0 Å². The van der Waals surface area contributed by atoms with Crippen molar-refractivity contribution in [3.8, 4) is 136 Å². The first kappa shape index (κ1) is 42.7. The number of aromatic hydroxyl groups is 12. The minimum Gasteiger partial charge on any atom is -0.504 e. The summed E-state index contributed by atoms with van der Waals surface area (Å²) in [4.78, 5) is 0.241. The van der Waals surface area contributed by atoms with Crippen LogP contribution in [0.25, 0.3) is 66.8 Å². The summed E-state index contributed by atoms with van der Waals surface area (Å²) in [5.74, 6) is -14.7. The van der Waals surface area contributed by atoms with Crippen molar-refractivity contribution in [3.05, 3.63) is 164 Å². The lowest BCUT2D eigenvalue weighted by atomic mass is 9.91. The third-order valence-electron chi connectivity index (χ3n) is 11.6. The molecule has 67 heavy (non-hydrogen) atoms. The summed E-state index contributed by atoms with van der Waals surface area (Å²) >= 11 is 0. The highest BCUT2D eigenvalue weighted by Gasteiger charge is 2.40. The lowest BCUT2D eigenvalue weighted by molar-refractivity contribution is 0.367. The van der Waals surface area contributed by atoms with E-state index in [0.717, 1.165) is 0 Å². The fraction of sp³-hybridized carbons (Fsp3) is 0. The maximum absolute atomic E-state index is 12.1. The fourth-order valence-corrected chi connectivity index (χ4v) is 8.50. The summed E-state index contributed by atoms with van der Waals surface area (Å²) < 4.78 is 0. The first-order chi connectivity index (χ1) is 32.3. The van der Waals surface area contributed by atoms with Gasteiger partial charge in [-0.05, 0) is 50.1 Å². The van der Waals surface area contributed by atoms with Crippen LogP contribution < -0.4 is 4.90 Å². The van der Waals surface area contributed by atoms with Crippen molar-refractivity contribution in [1.29, 1.82) is 0 Å². The zero-order chi connectivity index (χ0) is 47.3. The Hall–Kier alpha value is -9.62. The van der Waals surface area contributed by atoms with Gasteiger partial charge in [0.25, 0.3) is 0 Å². The standard InChI is InChI=1S/C54H39NO12/c56-43-37(34-25-13-10-22-31(34)28-16-4-1-5-17-28)44(57)50(63)40(49(43)62)55(41-51(64)45(58)38(46(59)52(41)65)35-26-14-11-23-32(35)29-18-6-2-7-19-29)42-53(66)47(60)39(48(61)54(42)67)36-27-15-12-24-33(36)30-20-8-3-9-21-30/h1-27,56-67H. The lowest BCUT2D eigenvalue weighted by Crippen LogP contribution is -2.13. The van der Waals surface area contributed by atoms with Crippen LogP contribution in [-0.2, 0) is 0 Å². The molecular weight excluding hydrogens is 855 g/mol. The number of phenolic OH excluding ortho intramolecular Hbond substituents is 12. The molecule has 0 heterocycles. The van der Waals surface area contributed by atoms with Crippen LogP contribution in [0.3, 0.4) is 0 Å². The van der Waals surface area contributed by atoms with E-state index in [1.54, 1.807) is 146 Å². The van der Waals surface area contributed by atoms with Crippen LogP contribution in [-0.4, -0.2) is 61.3 Å². The lowest BCUT2D eigenvalue weighted by Gasteiger charge is -2.31. The summed E-state index contributed by atoms with van der Waals surface area (Å²) in [6.07, 6.45) is 0. The predicted octanol–water partition coefficient (Wildman–Crippen LogP) is 11.6. The zero-order valence-electron chi connectivity index (χ0n) is 34.9. The Morgan fingerprint density at radius 1 is 0.194 bits per heavy atom. The molecule has 0 atom stereocenters. The number of hydrogen-bond donors (Lipinski definition) is 12. The van der Waals surface area contributed by atoms with Crippen LogP contribution in [0, 0.1) is 0 Å². The summed E-state index contributed by atoms with van der Waals surface area (Å²) in [7, 11) is 0. The second-order valence-electron chi connectivity index (χ2n) is 15.4. The third kappa shape index (κ3) is 6.91. The van der Waals surface area contributed by atoms with Gasteiger partial charge in [-0.2, -0.15) is 0 Å². The molecular formula is C54H39NO12. The van der Waals surface area contributed by atoms with E-state index in [9.17, 15) is 61.3 Å². The Bertz CT molecular complexity index is 2930. The van der Waals surface area contributed by atoms with E-state index in [-0.39, 0.29) is 21.6 Å². The van der Waals surface area contributed by atoms with Gasteiger partial charge in [-0.3, -0.25) is 4.90 Å². The number of benzene rings is 9. The zero-order valence-corrected chi connectivity index (χ0v) is 34.9. The molecule has 332 valence electrons. The predicted molar refractivity (Wildman–Crippen MR) is 254 cm³/mol. The van der Waals surface area contributed by atoms with E-state index in [1.807, 2.05) is 0 Å². The second-order valence-corrected chi connectivity index (χ2v) is 15.4. The Morgan fingerprint density at radius 2 is 0.373 bits per heavy atom. The van der Waals surface area contributed by atoms with Gasteiger partial charge in [-0.25, -0.2) is 0 Å². The van der Waals surface area contributed by atoms with Crippen molar-refractivity contribution < 1.29 is 61.3 Å². The smallest absolute Gasteiger partial charge is 0.186 e. The van der Waals surface area contributed by atoms with Crippen molar-refractivity contribution in [1.82, 2.24) is 0 Å². The minimum absolute atomic E-state index is 0.0947. The van der Waals surface area contributed by atoms with Crippen LogP contribution in [0.15, 0.2) is 164 Å². The summed E-state index contributed by atoms with van der Waals surface area (Å²) in [5, 5.41) is 144. The highest BCUT2D eigenvalue weighted by molar-refractivity contribution is 6.06. The molecule has 9 aromatic carbocycles. The van der Waals surface area contributed by atoms with E-state index < -0.39 is 103 Å². The maximum atomic E-state index is 12.1. The Labute approximate surface area is 381 Å². The maximum Gasteiger partial charge on any atom is 0.186 e. The van der Waals surface area contributed by atoms with E-state index in [1.165, 1.54) is 18.2 Å². The molecule has 0 saturated carbocycles. The van der Waals surface area contributed by atoms with E-state index in [4.69, 9.17) is 0 Å². The van der Waals surface area contributed by atoms with E-state index in [0.29, 0.717) is 33.4 Å². The van der Waals surface area contributed by atoms with Gasteiger partial charge < -0.3 is 61.3 Å². The van der Waals surface area contributed by atoms with Crippen molar-refractivity contribution in [3.63, 3.8) is 0 Å². The first-order valence-electron chi connectivity index (χ1n) is 20.6. The molecule has 0 aliphatic rings. The van der Waals surface area contributed by atoms with Crippen molar-refractivity contribution in [2.75, 3.05) is 4.90 Å². The molecule has 0 radical (unpaired) electrons. The van der Waals surface area contributed by atoms with Gasteiger partial charge in [0.2, 0.25) is 0 Å². The van der Waals surface area contributed by atoms with Crippen molar-refractivity contribution in [2.24, 2.45) is 0 Å². The number of rotatable bonds is 9. The highest BCUT2D eigenvalue weighted by Crippen LogP contribution is 2.68. The molecule has 0 bridgehead atoms. The van der Waals surface area contributed by atoms with Crippen molar-refractivity contribution >= 4 is 17.1 Å². The molecule has 0 fully saturated rings. The molecule has 0 saturated heterocycles. The summed E-state index contributed by atoms with van der Waals surface area (Å²) in [5.41, 5.74) is -1.82. The monoisotopic (exact) mass is 893 g/mol. The molecule has 0 unspecified atom stereocenters. The van der Waals surface area contributed by atoms with Crippen LogP contribution in [0.2, 0.25) is 0 Å². The summed E-state index contributed by atoms with van der Waals surface area (Å²) in [6.45, 7) is 0. The second kappa shape index (κ2) is 16.8. The number of anilines is 3. The van der Waals surface area contributed by atoms with Crippen molar-refractivity contribution in [2.45, 2.75) is 0 Å². The third-order valence-corrected chi connectivity index (χ3v) is 11.6. The Morgan fingerprint density at radius 3 is 0.582 bits per heavy atom. The molecule has 12 N–H and O–H groups in total. The molecule has 0 aromatic heterocycles. The quantitative estimate of drug-likeness (QED) is 0.0477. The average molecular weight is 894 g/mol. The van der Waals surface area contributed by atoms with Crippen LogP contribution in [0.5, 0.6) is 69.0 Å². The molecule has 9 rings (SSSR count). The van der Waals surface area contributed by atoms with Crippen LogP contribution in [0.4, 0.5) is 17.1 Å². The first-order valence-corrected chi connectivity index (χ1v) is 20.6. The molecule has 0 amide bonds. The molecule has 0 spiro atoms. The summed E-state index contributed by atoms with van der Waals surface area (Å²) in [6, 6.07) is 45.3. The molecule has 9 aromatic rings. The van der Waals surface area contributed by atoms with E-state index in [2.05, 4.69) is 0 Å². The van der Waals surface area contributed by atoms with Crippen LogP contribution in [0.1, 0.15) is 0 Å². The van der Waals surface area contributed by atoms with Gasteiger partial charge in [-0.15, -0.1) is 0 Å². The SMILES string of the molecule is Oc1c(O)c(N(c2c(O)c(O)c(-c3ccccc3-c3ccccc3)c(O)c2O)c2c(O)c(O)c(-c3ccccc3-c3ccccc3)c(O)c2O)c(O)c(O)c1-c1ccccc1-c1ccccc1. The highest BCUT2D eigenvalue weighted by atomic mass is 16.3. The molecule has 0 aliphatic heterocycles.